The number of carbonyl (C=O) groups is 2. The fraction of sp³-hybridized carbons (Fsp3) is 0.643. The largest absolute Gasteiger partial charge is 0.350 e. The topological polar surface area (TPSA) is 62.3 Å². The highest BCUT2D eigenvalue weighted by Crippen LogP contribution is 2.27. The Bertz CT molecular complexity index is 563. The van der Waals surface area contributed by atoms with Crippen LogP contribution in [0.1, 0.15) is 41.1 Å². The summed E-state index contributed by atoms with van der Waals surface area (Å²) in [5.41, 5.74) is 0.449. The SMILES string of the molecule is Cc1nc(C)c(C(=O)N2CSCC2C(=O)NC(C)(C)C)s1. The maximum atomic E-state index is 12.7. The molecule has 2 amide bonds. The number of amides is 2. The van der Waals surface area contributed by atoms with Crippen LogP contribution in [-0.2, 0) is 4.79 Å². The van der Waals surface area contributed by atoms with Gasteiger partial charge >= 0.3 is 0 Å². The Kier molecular flexibility index (Phi) is 4.63. The van der Waals surface area contributed by atoms with E-state index in [1.807, 2.05) is 34.6 Å². The average Bonchev–Trinajstić information content (AvgIpc) is 2.92. The molecule has 7 heteroatoms. The number of thiazole rings is 1. The van der Waals surface area contributed by atoms with Crippen LogP contribution in [0.5, 0.6) is 0 Å². The van der Waals surface area contributed by atoms with Crippen LogP contribution in [0.15, 0.2) is 0 Å². The molecule has 1 fully saturated rings. The molecular weight excluding hydrogens is 306 g/mol. The van der Waals surface area contributed by atoms with Gasteiger partial charge in [0.05, 0.1) is 16.6 Å². The van der Waals surface area contributed by atoms with Gasteiger partial charge in [-0.2, -0.15) is 0 Å². The third-order valence-electron chi connectivity index (χ3n) is 3.04. The molecule has 5 nitrogen and oxygen atoms in total. The quantitative estimate of drug-likeness (QED) is 0.904. The van der Waals surface area contributed by atoms with Crippen molar-refractivity contribution in [1.82, 2.24) is 15.2 Å². The fourth-order valence-electron chi connectivity index (χ4n) is 2.17. The van der Waals surface area contributed by atoms with Crippen molar-refractivity contribution in [2.75, 3.05) is 11.6 Å². The number of aryl methyl sites for hydroxylation is 2. The molecule has 0 aromatic carbocycles. The molecule has 0 aliphatic carbocycles. The van der Waals surface area contributed by atoms with Crippen LogP contribution in [0.2, 0.25) is 0 Å². The molecule has 21 heavy (non-hydrogen) atoms. The minimum absolute atomic E-state index is 0.0836. The van der Waals surface area contributed by atoms with Gasteiger partial charge < -0.3 is 10.2 Å². The Hall–Kier alpha value is -1.08. The predicted octanol–water partition coefficient (Wildman–Crippen LogP) is 2.19. The van der Waals surface area contributed by atoms with Crippen molar-refractivity contribution in [3.63, 3.8) is 0 Å². The molecule has 0 spiro atoms. The molecule has 1 saturated heterocycles. The van der Waals surface area contributed by atoms with E-state index in [9.17, 15) is 9.59 Å². The molecule has 1 aromatic rings. The van der Waals surface area contributed by atoms with Gasteiger partial charge in [0.1, 0.15) is 10.9 Å². The Morgan fingerprint density at radius 2 is 2.00 bits per heavy atom. The van der Waals surface area contributed by atoms with E-state index in [0.717, 1.165) is 10.7 Å². The van der Waals surface area contributed by atoms with Crippen LogP contribution in [0.4, 0.5) is 0 Å². The van der Waals surface area contributed by atoms with Crippen LogP contribution in [0.25, 0.3) is 0 Å². The van der Waals surface area contributed by atoms with E-state index < -0.39 is 6.04 Å². The highest BCUT2D eigenvalue weighted by molar-refractivity contribution is 7.99. The van der Waals surface area contributed by atoms with Gasteiger partial charge in [-0.3, -0.25) is 9.59 Å². The smallest absolute Gasteiger partial charge is 0.267 e. The monoisotopic (exact) mass is 327 g/mol. The first kappa shape index (κ1) is 16.3. The van der Waals surface area contributed by atoms with E-state index in [0.29, 0.717) is 16.5 Å². The molecule has 2 heterocycles. The van der Waals surface area contributed by atoms with Crippen LogP contribution in [0.3, 0.4) is 0 Å². The molecule has 0 radical (unpaired) electrons. The molecule has 0 bridgehead atoms. The second kappa shape index (κ2) is 5.96. The molecule has 0 saturated carbocycles. The van der Waals surface area contributed by atoms with Gasteiger partial charge in [-0.1, -0.05) is 0 Å². The van der Waals surface area contributed by atoms with Gasteiger partial charge in [-0.25, -0.2) is 4.98 Å². The summed E-state index contributed by atoms with van der Waals surface area (Å²) < 4.78 is 0. The second-order valence-electron chi connectivity index (χ2n) is 6.18. The maximum Gasteiger partial charge on any atom is 0.267 e. The standard InChI is InChI=1S/C14H21N3O2S2/c1-8-11(21-9(2)15-8)13(19)17-7-20-6-10(17)12(18)16-14(3,4)5/h10H,6-7H2,1-5H3,(H,16,18). The minimum atomic E-state index is -0.400. The lowest BCUT2D eigenvalue weighted by Crippen LogP contribution is -2.52. The molecule has 1 atom stereocenters. The number of nitrogens with zero attached hydrogens (tertiary/aromatic N) is 2. The summed E-state index contributed by atoms with van der Waals surface area (Å²) in [5, 5.41) is 3.83. The number of carbonyl (C=O) groups excluding carboxylic acids is 2. The normalized spacial score (nSPS) is 18.9. The molecular formula is C14H21N3O2S2. The van der Waals surface area contributed by atoms with Crippen LogP contribution in [0, 0.1) is 13.8 Å². The van der Waals surface area contributed by atoms with Crippen LogP contribution in [-0.4, -0.2) is 44.9 Å². The van der Waals surface area contributed by atoms with Crippen LogP contribution >= 0.6 is 23.1 Å². The number of hydrogen-bond donors (Lipinski definition) is 1. The summed E-state index contributed by atoms with van der Waals surface area (Å²) in [6.45, 7) is 9.54. The third kappa shape index (κ3) is 3.77. The molecule has 1 aromatic heterocycles. The molecule has 1 aliphatic rings. The summed E-state index contributed by atoms with van der Waals surface area (Å²) in [5.74, 6) is 1.03. The third-order valence-corrected chi connectivity index (χ3v) is 5.11. The number of aromatic nitrogens is 1. The summed E-state index contributed by atoms with van der Waals surface area (Å²) in [6, 6.07) is -0.400. The summed E-state index contributed by atoms with van der Waals surface area (Å²) in [6.07, 6.45) is 0. The maximum absolute atomic E-state index is 12.7. The van der Waals surface area contributed by atoms with Gasteiger partial charge in [0.15, 0.2) is 0 Å². The van der Waals surface area contributed by atoms with Gasteiger partial charge in [-0.15, -0.1) is 23.1 Å². The van der Waals surface area contributed by atoms with E-state index in [-0.39, 0.29) is 17.4 Å². The van der Waals surface area contributed by atoms with E-state index in [2.05, 4.69) is 10.3 Å². The lowest BCUT2D eigenvalue weighted by molar-refractivity contribution is -0.125. The Morgan fingerprint density at radius 1 is 1.33 bits per heavy atom. The van der Waals surface area contributed by atoms with Crippen molar-refractivity contribution in [3.05, 3.63) is 15.6 Å². The van der Waals surface area contributed by atoms with Gasteiger partial charge in [0.2, 0.25) is 5.91 Å². The molecule has 2 rings (SSSR count). The number of hydrogen-bond acceptors (Lipinski definition) is 5. The van der Waals surface area contributed by atoms with Crippen molar-refractivity contribution >= 4 is 34.9 Å². The first-order valence-electron chi connectivity index (χ1n) is 6.84. The van der Waals surface area contributed by atoms with E-state index in [4.69, 9.17) is 0 Å². The molecule has 1 aliphatic heterocycles. The first-order valence-corrected chi connectivity index (χ1v) is 8.81. The summed E-state index contributed by atoms with van der Waals surface area (Å²) in [4.78, 5) is 31.6. The number of rotatable bonds is 2. The fourth-order valence-corrected chi connectivity index (χ4v) is 4.20. The Balaban J connectivity index is 2.17. The zero-order valence-corrected chi connectivity index (χ0v) is 14.7. The lowest BCUT2D eigenvalue weighted by Gasteiger charge is -2.27. The van der Waals surface area contributed by atoms with E-state index in [1.54, 1.807) is 16.7 Å². The van der Waals surface area contributed by atoms with Crippen molar-refractivity contribution in [3.8, 4) is 0 Å². The van der Waals surface area contributed by atoms with Crippen molar-refractivity contribution in [2.45, 2.75) is 46.2 Å². The van der Waals surface area contributed by atoms with Gasteiger partial charge in [0, 0.05) is 11.3 Å². The van der Waals surface area contributed by atoms with Gasteiger partial charge in [0.25, 0.3) is 5.91 Å². The van der Waals surface area contributed by atoms with Gasteiger partial charge in [-0.05, 0) is 34.6 Å². The number of thioether (sulfide) groups is 1. The zero-order valence-electron chi connectivity index (χ0n) is 13.0. The Morgan fingerprint density at radius 3 is 2.52 bits per heavy atom. The van der Waals surface area contributed by atoms with Crippen molar-refractivity contribution < 1.29 is 9.59 Å². The van der Waals surface area contributed by atoms with E-state index >= 15 is 0 Å². The Labute approximate surface area is 133 Å². The average molecular weight is 327 g/mol. The van der Waals surface area contributed by atoms with Crippen LogP contribution < -0.4 is 5.32 Å². The zero-order chi connectivity index (χ0) is 15.8. The minimum Gasteiger partial charge on any atom is -0.350 e. The highest BCUT2D eigenvalue weighted by Gasteiger charge is 2.37. The summed E-state index contributed by atoms with van der Waals surface area (Å²) >= 11 is 3.00. The summed E-state index contributed by atoms with van der Waals surface area (Å²) in [7, 11) is 0. The van der Waals surface area contributed by atoms with Crippen molar-refractivity contribution in [2.24, 2.45) is 0 Å². The second-order valence-corrected chi connectivity index (χ2v) is 8.38. The molecule has 1 unspecified atom stereocenters. The molecule has 116 valence electrons. The predicted molar refractivity (Wildman–Crippen MR) is 86.8 cm³/mol. The highest BCUT2D eigenvalue weighted by atomic mass is 32.2. The lowest BCUT2D eigenvalue weighted by atomic mass is 10.1. The molecule has 1 N–H and O–H groups in total. The van der Waals surface area contributed by atoms with Crippen molar-refractivity contribution in [1.29, 1.82) is 0 Å². The first-order chi connectivity index (χ1) is 9.69. The number of nitrogens with one attached hydrogen (secondary N) is 1. The van der Waals surface area contributed by atoms with E-state index in [1.165, 1.54) is 11.3 Å².